The van der Waals surface area contributed by atoms with Gasteiger partial charge in [0.25, 0.3) is 0 Å². The Morgan fingerprint density at radius 3 is 2.33 bits per heavy atom. The van der Waals surface area contributed by atoms with Gasteiger partial charge in [0.05, 0.1) is 0 Å². The van der Waals surface area contributed by atoms with Crippen LogP contribution in [0.1, 0.15) is 36.8 Å². The predicted molar refractivity (Wildman–Crippen MR) is 94.8 cm³/mol. The molecule has 2 fully saturated rings. The number of carbonyl (C=O) groups excluding carboxylic acids is 1. The minimum absolute atomic E-state index is 0.0212. The van der Waals surface area contributed by atoms with Crippen molar-refractivity contribution in [2.45, 2.75) is 42.8 Å². The molecule has 1 aromatic rings. The van der Waals surface area contributed by atoms with Crippen LogP contribution in [0.5, 0.6) is 0 Å². The van der Waals surface area contributed by atoms with Gasteiger partial charge in [0, 0.05) is 18.2 Å². The van der Waals surface area contributed by atoms with E-state index in [1.807, 2.05) is 12.1 Å². The van der Waals surface area contributed by atoms with E-state index in [1.165, 1.54) is 17.4 Å². The molecule has 0 atom stereocenters. The summed E-state index contributed by atoms with van der Waals surface area (Å²) in [7, 11) is -3.46. The largest absolute Gasteiger partial charge is 0.354 e. The van der Waals surface area contributed by atoms with Gasteiger partial charge >= 0.3 is 0 Å². The molecule has 3 rings (SSSR count). The minimum atomic E-state index is -3.46. The highest BCUT2D eigenvalue weighted by atomic mass is 32.2. The zero-order valence-electron chi connectivity index (χ0n) is 14.4. The lowest BCUT2D eigenvalue weighted by Crippen LogP contribution is -2.58. The lowest BCUT2D eigenvalue weighted by Gasteiger charge is -2.35. The summed E-state index contributed by atoms with van der Waals surface area (Å²) in [5.41, 5.74) is 2.47. The molecule has 2 N–H and O–H groups in total. The van der Waals surface area contributed by atoms with Crippen molar-refractivity contribution >= 4 is 15.7 Å². The average Bonchev–Trinajstić information content (AvgIpc) is 3.33. The van der Waals surface area contributed by atoms with E-state index < -0.39 is 14.6 Å². The molecule has 132 valence electrons. The highest BCUT2D eigenvalue weighted by Crippen LogP contribution is 2.48. The molecular weight excluding hydrogens is 324 g/mol. The van der Waals surface area contributed by atoms with Crippen LogP contribution in [0.15, 0.2) is 24.3 Å². The molecule has 1 saturated carbocycles. The fraction of sp³-hybridized carbons (Fsp3) is 0.611. The molecule has 2 aliphatic rings. The Morgan fingerprint density at radius 1 is 1.17 bits per heavy atom. The van der Waals surface area contributed by atoms with Crippen molar-refractivity contribution in [3.63, 3.8) is 0 Å². The van der Waals surface area contributed by atoms with Crippen LogP contribution in [0.3, 0.4) is 0 Å². The summed E-state index contributed by atoms with van der Waals surface area (Å²) in [6.45, 7) is 3.72. The molecule has 1 aromatic carbocycles. The second-order valence-corrected chi connectivity index (χ2v) is 9.62. The molecule has 1 heterocycles. The summed E-state index contributed by atoms with van der Waals surface area (Å²) < 4.78 is 23.4. The van der Waals surface area contributed by atoms with Gasteiger partial charge in [-0.25, -0.2) is 8.42 Å². The monoisotopic (exact) mass is 350 g/mol. The van der Waals surface area contributed by atoms with Crippen molar-refractivity contribution in [3.05, 3.63) is 35.4 Å². The summed E-state index contributed by atoms with van der Waals surface area (Å²) in [6.07, 6.45) is 3.94. The second kappa shape index (κ2) is 6.15. The molecule has 0 aromatic heterocycles. The highest BCUT2D eigenvalue weighted by Gasteiger charge is 2.51. The van der Waals surface area contributed by atoms with Gasteiger partial charge in [-0.1, -0.05) is 24.3 Å². The molecule has 1 aliphatic heterocycles. The number of piperidine rings is 1. The summed E-state index contributed by atoms with van der Waals surface area (Å²) in [5.74, 6) is -0.327. The Labute approximate surface area is 144 Å². The van der Waals surface area contributed by atoms with Crippen LogP contribution in [0.2, 0.25) is 0 Å². The van der Waals surface area contributed by atoms with Gasteiger partial charge in [0.1, 0.15) is 0 Å². The molecule has 0 spiro atoms. The predicted octanol–water partition coefficient (Wildman–Crippen LogP) is 1.31. The van der Waals surface area contributed by atoms with Crippen molar-refractivity contribution in [1.82, 2.24) is 10.6 Å². The van der Waals surface area contributed by atoms with Crippen LogP contribution in [0.25, 0.3) is 0 Å². The van der Waals surface area contributed by atoms with Crippen LogP contribution < -0.4 is 10.6 Å². The number of amides is 1. The number of nitrogens with one attached hydrogen (secondary N) is 2. The third kappa shape index (κ3) is 2.97. The number of carbonyl (C=O) groups is 1. The third-order valence-electron chi connectivity index (χ3n) is 5.69. The first-order valence-corrected chi connectivity index (χ1v) is 10.4. The van der Waals surface area contributed by atoms with E-state index in [2.05, 4.69) is 29.7 Å². The summed E-state index contributed by atoms with van der Waals surface area (Å²) in [6, 6.07) is 8.24. The third-order valence-corrected chi connectivity index (χ3v) is 7.71. The SMILES string of the molecule is Cc1ccccc1C1(CNC(=O)C2(S(C)(=O)=O)CCNCC2)CC1. The fourth-order valence-electron chi connectivity index (χ4n) is 3.87. The van der Waals surface area contributed by atoms with Gasteiger partial charge in [-0.15, -0.1) is 0 Å². The molecule has 24 heavy (non-hydrogen) atoms. The lowest BCUT2D eigenvalue weighted by atomic mass is 9.91. The van der Waals surface area contributed by atoms with Crippen LogP contribution in [-0.2, 0) is 20.0 Å². The fourth-order valence-corrected chi connectivity index (χ4v) is 5.22. The molecule has 5 nitrogen and oxygen atoms in total. The van der Waals surface area contributed by atoms with E-state index in [0.717, 1.165) is 12.8 Å². The number of benzene rings is 1. The number of rotatable bonds is 5. The maximum Gasteiger partial charge on any atom is 0.241 e. The number of aryl methyl sites for hydroxylation is 1. The van der Waals surface area contributed by atoms with Crippen LogP contribution in [0.4, 0.5) is 0 Å². The van der Waals surface area contributed by atoms with E-state index in [9.17, 15) is 13.2 Å². The van der Waals surface area contributed by atoms with Crippen molar-refractivity contribution in [1.29, 1.82) is 0 Å². The van der Waals surface area contributed by atoms with E-state index in [0.29, 0.717) is 32.5 Å². The number of hydrogen-bond donors (Lipinski definition) is 2. The Bertz CT molecular complexity index is 732. The summed E-state index contributed by atoms with van der Waals surface area (Å²) in [5, 5.41) is 6.12. The Kier molecular flexibility index (Phi) is 4.47. The van der Waals surface area contributed by atoms with Crippen LogP contribution in [-0.4, -0.2) is 45.0 Å². The Morgan fingerprint density at radius 2 is 1.79 bits per heavy atom. The smallest absolute Gasteiger partial charge is 0.241 e. The van der Waals surface area contributed by atoms with E-state index in [4.69, 9.17) is 0 Å². The maximum atomic E-state index is 12.8. The summed E-state index contributed by atoms with van der Waals surface area (Å²) in [4.78, 5) is 12.8. The molecule has 0 radical (unpaired) electrons. The first-order chi connectivity index (χ1) is 11.3. The minimum Gasteiger partial charge on any atom is -0.354 e. The zero-order chi connectivity index (χ0) is 17.4. The van der Waals surface area contributed by atoms with Crippen molar-refractivity contribution in [2.24, 2.45) is 0 Å². The first-order valence-electron chi connectivity index (χ1n) is 8.56. The maximum absolute atomic E-state index is 12.8. The van der Waals surface area contributed by atoms with Gasteiger partial charge in [0.15, 0.2) is 14.6 Å². The Balaban J connectivity index is 1.76. The molecule has 1 saturated heterocycles. The van der Waals surface area contributed by atoms with Gasteiger partial charge in [-0.3, -0.25) is 4.79 Å². The van der Waals surface area contributed by atoms with Crippen molar-refractivity contribution < 1.29 is 13.2 Å². The topological polar surface area (TPSA) is 75.3 Å². The molecular formula is C18H26N2O3S. The standard InChI is InChI=1S/C18H26N2O3S/c1-14-5-3-4-6-15(14)17(7-8-17)13-20-16(21)18(24(2,22)23)9-11-19-12-10-18/h3-6,19H,7-13H2,1-2H3,(H,20,21). The molecule has 1 aliphatic carbocycles. The zero-order valence-corrected chi connectivity index (χ0v) is 15.2. The van der Waals surface area contributed by atoms with Gasteiger partial charge < -0.3 is 10.6 Å². The van der Waals surface area contributed by atoms with Crippen LogP contribution in [0, 0.1) is 6.92 Å². The first kappa shape index (κ1) is 17.4. The van der Waals surface area contributed by atoms with E-state index in [-0.39, 0.29) is 11.3 Å². The molecule has 1 amide bonds. The quantitative estimate of drug-likeness (QED) is 0.840. The normalized spacial score (nSPS) is 21.9. The van der Waals surface area contributed by atoms with E-state index in [1.54, 1.807) is 0 Å². The van der Waals surface area contributed by atoms with Crippen LogP contribution >= 0.6 is 0 Å². The van der Waals surface area contributed by atoms with Crippen molar-refractivity contribution in [2.75, 3.05) is 25.9 Å². The lowest BCUT2D eigenvalue weighted by molar-refractivity contribution is -0.124. The Hall–Kier alpha value is -1.40. The molecule has 0 bridgehead atoms. The van der Waals surface area contributed by atoms with Gasteiger partial charge in [0.2, 0.25) is 5.91 Å². The molecule has 0 unspecified atom stereocenters. The summed E-state index contributed by atoms with van der Waals surface area (Å²) >= 11 is 0. The van der Waals surface area contributed by atoms with Gasteiger partial charge in [-0.05, 0) is 56.8 Å². The van der Waals surface area contributed by atoms with Gasteiger partial charge in [-0.2, -0.15) is 0 Å². The highest BCUT2D eigenvalue weighted by molar-refractivity contribution is 7.92. The van der Waals surface area contributed by atoms with E-state index >= 15 is 0 Å². The average molecular weight is 350 g/mol. The molecule has 6 heteroatoms. The second-order valence-electron chi connectivity index (χ2n) is 7.29. The number of sulfone groups is 1. The van der Waals surface area contributed by atoms with Crippen molar-refractivity contribution in [3.8, 4) is 0 Å². The number of hydrogen-bond acceptors (Lipinski definition) is 4.